The maximum Gasteiger partial charge on any atom is 0.330 e. The third-order valence-corrected chi connectivity index (χ3v) is 5.54. The molecule has 0 spiro atoms. The van der Waals surface area contributed by atoms with E-state index in [0.29, 0.717) is 18.6 Å². The fraction of sp³-hybridized carbons (Fsp3) is 0.733. The number of ether oxygens (including phenoxy) is 1. The van der Waals surface area contributed by atoms with Crippen LogP contribution in [-0.2, 0) is 19.1 Å². The maximum atomic E-state index is 12.3. The molecule has 0 unspecified atom stereocenters. The highest BCUT2D eigenvalue weighted by Crippen LogP contribution is 2.47. The molecular formula is C15H23N3O5S. The number of amides is 4. The van der Waals surface area contributed by atoms with E-state index in [-0.39, 0.29) is 16.8 Å². The largest absolute Gasteiger partial charge is 0.451 e. The van der Waals surface area contributed by atoms with Crippen molar-refractivity contribution in [3.05, 3.63) is 0 Å². The predicted molar refractivity (Wildman–Crippen MR) is 88.1 cm³/mol. The van der Waals surface area contributed by atoms with Crippen molar-refractivity contribution in [3.8, 4) is 0 Å². The summed E-state index contributed by atoms with van der Waals surface area (Å²) in [6, 6.07) is -1.45. The van der Waals surface area contributed by atoms with Gasteiger partial charge in [0.15, 0.2) is 6.10 Å². The number of esters is 1. The quantitative estimate of drug-likeness (QED) is 0.714. The molecule has 0 radical (unpaired) electrons. The number of fused-ring (bicyclic) bond motifs is 1. The van der Waals surface area contributed by atoms with Crippen LogP contribution in [-0.4, -0.2) is 57.5 Å². The summed E-state index contributed by atoms with van der Waals surface area (Å²) in [5, 5.41) is 4.63. The molecule has 2 N–H and O–H groups in total. The number of hydrogen-bond donors (Lipinski definition) is 2. The molecule has 3 atom stereocenters. The first kappa shape index (κ1) is 18.6. The summed E-state index contributed by atoms with van der Waals surface area (Å²) in [6.07, 6.45) is -0.00493. The molecule has 24 heavy (non-hydrogen) atoms. The minimum Gasteiger partial charge on any atom is -0.451 e. The third-order valence-electron chi connectivity index (χ3n) is 4.04. The summed E-state index contributed by atoms with van der Waals surface area (Å²) in [4.78, 5) is 49.0. The Morgan fingerprint density at radius 2 is 2.00 bits per heavy atom. The summed E-state index contributed by atoms with van der Waals surface area (Å²) >= 11 is 1.55. The number of nitrogens with zero attached hydrogens (tertiary/aromatic N) is 1. The average molecular weight is 357 g/mol. The van der Waals surface area contributed by atoms with Crippen LogP contribution in [0.15, 0.2) is 0 Å². The molecule has 0 aromatic heterocycles. The normalized spacial score (nSPS) is 27.0. The monoisotopic (exact) mass is 357 g/mol. The van der Waals surface area contributed by atoms with Gasteiger partial charge in [-0.05, 0) is 34.1 Å². The number of imide groups is 1. The molecule has 0 aromatic carbocycles. The van der Waals surface area contributed by atoms with Crippen molar-refractivity contribution in [1.29, 1.82) is 0 Å². The van der Waals surface area contributed by atoms with Crippen LogP contribution in [0.25, 0.3) is 0 Å². The van der Waals surface area contributed by atoms with Crippen molar-refractivity contribution in [2.75, 3.05) is 5.75 Å². The molecule has 2 aliphatic heterocycles. The van der Waals surface area contributed by atoms with Crippen molar-refractivity contribution < 1.29 is 23.9 Å². The van der Waals surface area contributed by atoms with Crippen LogP contribution in [0.5, 0.6) is 0 Å². The van der Waals surface area contributed by atoms with Crippen LogP contribution >= 0.6 is 11.8 Å². The van der Waals surface area contributed by atoms with Crippen LogP contribution < -0.4 is 10.6 Å². The van der Waals surface area contributed by atoms with Crippen molar-refractivity contribution in [2.24, 2.45) is 0 Å². The fourth-order valence-corrected chi connectivity index (χ4v) is 4.23. The third kappa shape index (κ3) is 3.82. The van der Waals surface area contributed by atoms with E-state index < -0.39 is 30.1 Å². The lowest BCUT2D eigenvalue weighted by Crippen LogP contribution is -2.50. The number of hydrogen-bond acceptors (Lipinski definition) is 6. The van der Waals surface area contributed by atoms with Crippen LogP contribution in [0.4, 0.5) is 4.79 Å². The topological polar surface area (TPSA) is 105 Å². The molecule has 2 rings (SSSR count). The minimum absolute atomic E-state index is 0.0714. The van der Waals surface area contributed by atoms with E-state index in [2.05, 4.69) is 10.6 Å². The second kappa shape index (κ2) is 7.00. The van der Waals surface area contributed by atoms with E-state index >= 15 is 0 Å². The fourth-order valence-electron chi connectivity index (χ4n) is 2.81. The SMILES string of the molecule is CC(C)NC(=O)NC(=O)[C@H](C)OC(=O)[C@H]1CS[C@@]2(C)CCC(=O)N12. The van der Waals surface area contributed by atoms with E-state index in [1.54, 1.807) is 30.5 Å². The highest BCUT2D eigenvalue weighted by atomic mass is 32.2. The number of rotatable bonds is 4. The van der Waals surface area contributed by atoms with Crippen LogP contribution in [0, 0.1) is 0 Å². The van der Waals surface area contributed by atoms with Crippen molar-refractivity contribution >= 4 is 35.6 Å². The van der Waals surface area contributed by atoms with Gasteiger partial charge in [0.1, 0.15) is 6.04 Å². The van der Waals surface area contributed by atoms with Crippen molar-refractivity contribution in [3.63, 3.8) is 0 Å². The zero-order chi connectivity index (χ0) is 18.1. The molecule has 0 bridgehead atoms. The molecule has 2 aliphatic rings. The van der Waals surface area contributed by atoms with Crippen LogP contribution in [0.3, 0.4) is 0 Å². The molecule has 2 saturated heterocycles. The number of carbonyl (C=O) groups is 4. The van der Waals surface area contributed by atoms with E-state index in [1.807, 2.05) is 6.92 Å². The minimum atomic E-state index is -1.12. The summed E-state index contributed by atoms with van der Waals surface area (Å²) in [7, 11) is 0. The summed E-state index contributed by atoms with van der Waals surface area (Å²) < 4.78 is 5.17. The molecule has 0 aromatic rings. The Balaban J connectivity index is 1.91. The molecule has 2 heterocycles. The number of carbonyl (C=O) groups excluding carboxylic acids is 4. The molecule has 4 amide bonds. The van der Waals surface area contributed by atoms with E-state index in [9.17, 15) is 19.2 Å². The predicted octanol–water partition coefficient (Wildman–Crippen LogP) is 0.606. The van der Waals surface area contributed by atoms with Gasteiger partial charge < -0.3 is 15.0 Å². The highest BCUT2D eigenvalue weighted by molar-refractivity contribution is 8.01. The second-order valence-electron chi connectivity index (χ2n) is 6.46. The smallest absolute Gasteiger partial charge is 0.330 e. The second-order valence-corrected chi connectivity index (χ2v) is 7.96. The Hall–Kier alpha value is -1.77. The van der Waals surface area contributed by atoms with Crippen LogP contribution in [0.2, 0.25) is 0 Å². The van der Waals surface area contributed by atoms with Gasteiger partial charge in [0.25, 0.3) is 5.91 Å². The highest BCUT2D eigenvalue weighted by Gasteiger charge is 2.53. The van der Waals surface area contributed by atoms with E-state index in [4.69, 9.17) is 4.74 Å². The van der Waals surface area contributed by atoms with Gasteiger partial charge in [-0.1, -0.05) is 0 Å². The van der Waals surface area contributed by atoms with Gasteiger partial charge in [-0.15, -0.1) is 11.8 Å². The zero-order valence-electron chi connectivity index (χ0n) is 14.3. The van der Waals surface area contributed by atoms with Crippen LogP contribution in [0.1, 0.15) is 40.5 Å². The Morgan fingerprint density at radius 3 is 2.62 bits per heavy atom. The summed E-state index contributed by atoms with van der Waals surface area (Å²) in [5.74, 6) is -0.947. The average Bonchev–Trinajstić information content (AvgIpc) is 2.95. The first-order chi connectivity index (χ1) is 11.1. The Morgan fingerprint density at radius 1 is 1.33 bits per heavy atom. The van der Waals surface area contributed by atoms with Gasteiger partial charge >= 0.3 is 12.0 Å². The van der Waals surface area contributed by atoms with Gasteiger partial charge in [0, 0.05) is 18.2 Å². The molecule has 134 valence electrons. The Kier molecular flexibility index (Phi) is 5.42. The summed E-state index contributed by atoms with van der Waals surface area (Å²) in [5.41, 5.74) is 0. The van der Waals surface area contributed by atoms with Gasteiger partial charge in [0.05, 0.1) is 4.87 Å². The van der Waals surface area contributed by atoms with Crippen molar-refractivity contribution in [1.82, 2.24) is 15.5 Å². The number of urea groups is 1. The molecular weight excluding hydrogens is 334 g/mol. The Labute approximate surface area is 145 Å². The lowest BCUT2D eigenvalue weighted by molar-refractivity contribution is -0.161. The Bertz CT molecular complexity index is 567. The van der Waals surface area contributed by atoms with Gasteiger partial charge in [-0.2, -0.15) is 0 Å². The first-order valence-corrected chi connectivity index (χ1v) is 8.90. The lowest BCUT2D eigenvalue weighted by Gasteiger charge is -2.29. The number of nitrogens with one attached hydrogen (secondary N) is 2. The maximum absolute atomic E-state index is 12.3. The van der Waals surface area contributed by atoms with Gasteiger partial charge in [-0.3, -0.25) is 14.9 Å². The molecule has 0 saturated carbocycles. The molecule has 8 nitrogen and oxygen atoms in total. The first-order valence-electron chi connectivity index (χ1n) is 7.92. The standard InChI is InChI=1S/C15H23N3O5S/c1-8(2)16-14(22)17-12(20)9(3)23-13(21)10-7-24-15(4)6-5-11(19)18(10)15/h8-10H,5-7H2,1-4H3,(H2,16,17,20,22)/t9-,10+,15-/m0/s1. The lowest BCUT2D eigenvalue weighted by atomic mass is 10.2. The van der Waals surface area contributed by atoms with E-state index in [1.165, 1.54) is 6.92 Å². The molecule has 9 heteroatoms. The van der Waals surface area contributed by atoms with Gasteiger partial charge in [0.2, 0.25) is 5.91 Å². The van der Waals surface area contributed by atoms with E-state index in [0.717, 1.165) is 0 Å². The summed E-state index contributed by atoms with van der Waals surface area (Å²) in [6.45, 7) is 6.84. The van der Waals surface area contributed by atoms with Gasteiger partial charge in [-0.25, -0.2) is 9.59 Å². The van der Waals surface area contributed by atoms with Crippen molar-refractivity contribution in [2.45, 2.75) is 63.6 Å². The molecule has 0 aliphatic carbocycles. The number of thioether (sulfide) groups is 1. The zero-order valence-corrected chi connectivity index (χ0v) is 15.1. The molecule has 2 fully saturated rings.